The van der Waals surface area contributed by atoms with E-state index in [1.807, 2.05) is 76.0 Å². The molecule has 2 heterocycles. The van der Waals surface area contributed by atoms with Gasteiger partial charge in [-0.2, -0.15) is 0 Å². The number of cyclic esters (lactones) is 1. The quantitative estimate of drug-likeness (QED) is 0.537. The number of amides is 1. The molecule has 1 radical (unpaired) electrons. The molecule has 1 fully saturated rings. The normalized spacial score (nSPS) is 20.3. The Morgan fingerprint density at radius 2 is 1.80 bits per heavy atom. The number of ether oxygens (including phenoxy) is 1. The Kier molecular flexibility index (Phi) is 7.90. The molecule has 187 valence electrons. The Balaban J connectivity index is 1.71. The first-order valence-electron chi connectivity index (χ1n) is 12.2. The van der Waals surface area contributed by atoms with Crippen LogP contribution >= 0.6 is 0 Å². The van der Waals surface area contributed by atoms with Gasteiger partial charge >= 0.3 is 162 Å². The van der Waals surface area contributed by atoms with Gasteiger partial charge in [0.15, 0.2) is 0 Å². The van der Waals surface area contributed by atoms with Crippen molar-refractivity contribution >= 4 is 25.9 Å². The van der Waals surface area contributed by atoms with Gasteiger partial charge in [-0.25, -0.2) is 0 Å². The Morgan fingerprint density at radius 1 is 1.14 bits per heavy atom. The Bertz CT molecular complexity index is 999. The number of benzene rings is 1. The van der Waals surface area contributed by atoms with Crippen molar-refractivity contribution in [2.45, 2.75) is 89.8 Å². The van der Waals surface area contributed by atoms with Crippen molar-refractivity contribution in [3.8, 4) is 0 Å². The van der Waals surface area contributed by atoms with E-state index in [4.69, 9.17) is 9.39 Å². The van der Waals surface area contributed by atoms with E-state index in [1.54, 1.807) is 40.1 Å². The molecule has 3 rings (SSSR count). The molecule has 2 atom stereocenters. The summed E-state index contributed by atoms with van der Waals surface area (Å²) in [6.07, 6.45) is 0.523. The van der Waals surface area contributed by atoms with Gasteiger partial charge in [0.1, 0.15) is 0 Å². The third-order valence-electron chi connectivity index (χ3n) is 7.14. The minimum atomic E-state index is -0.993. The van der Waals surface area contributed by atoms with Crippen molar-refractivity contribution in [3.05, 3.63) is 59.4 Å². The summed E-state index contributed by atoms with van der Waals surface area (Å²) in [5, 5.41) is 20.8. The van der Waals surface area contributed by atoms with Crippen molar-refractivity contribution in [3.63, 3.8) is 0 Å². The van der Waals surface area contributed by atoms with E-state index in [9.17, 15) is 15.0 Å². The predicted molar refractivity (Wildman–Crippen MR) is 140 cm³/mol. The maximum absolute atomic E-state index is 13.2. The van der Waals surface area contributed by atoms with Crippen LogP contribution in [0, 0.1) is 0 Å². The first kappa shape index (κ1) is 27.4. The molecule has 2 N–H and O–H groups in total. The van der Waals surface area contributed by atoms with Crippen LogP contribution in [0.2, 0.25) is 0 Å². The zero-order valence-corrected chi connectivity index (χ0v) is 22.0. The van der Waals surface area contributed by atoms with Crippen LogP contribution in [0.1, 0.15) is 78.5 Å². The fourth-order valence-electron chi connectivity index (χ4n) is 4.28. The second-order valence-electron chi connectivity index (χ2n) is 11.3. The van der Waals surface area contributed by atoms with Crippen LogP contribution in [0.5, 0.6) is 0 Å². The van der Waals surface area contributed by atoms with Gasteiger partial charge in [-0.15, -0.1) is 0 Å². The number of carbonyl (C=O) groups is 1. The first-order valence-corrected chi connectivity index (χ1v) is 12.2. The van der Waals surface area contributed by atoms with Crippen molar-refractivity contribution in [2.75, 3.05) is 6.54 Å². The van der Waals surface area contributed by atoms with E-state index in [-0.39, 0.29) is 12.1 Å². The molecular weight excluding hydrogens is 440 g/mol. The van der Waals surface area contributed by atoms with E-state index in [1.165, 1.54) is 0 Å². The van der Waals surface area contributed by atoms with Crippen LogP contribution in [0.15, 0.2) is 48.3 Å². The second-order valence-corrected chi connectivity index (χ2v) is 11.3. The topological polar surface area (TPSA) is 79.2 Å². The Hall–Kier alpha value is -2.15. The number of rotatable bonds is 9. The van der Waals surface area contributed by atoms with Gasteiger partial charge in [0, 0.05) is 0 Å². The predicted octanol–water partition coefficient (Wildman–Crippen LogP) is 3.80. The maximum atomic E-state index is 13.2. The molecule has 1 saturated heterocycles. The van der Waals surface area contributed by atoms with Gasteiger partial charge in [-0.05, 0) is 27.7 Å². The van der Waals surface area contributed by atoms with Crippen molar-refractivity contribution < 1.29 is 24.4 Å². The molecule has 0 saturated carbocycles. The summed E-state index contributed by atoms with van der Waals surface area (Å²) in [4.78, 5) is 15.0. The molecule has 35 heavy (non-hydrogen) atoms. The Morgan fingerprint density at radius 3 is 2.31 bits per heavy atom. The summed E-state index contributed by atoms with van der Waals surface area (Å²) in [5.41, 5.74) is -0.841. The van der Waals surface area contributed by atoms with Gasteiger partial charge in [-0.1, -0.05) is 0 Å². The first-order chi connectivity index (χ1) is 16.1. The average molecular weight is 478 g/mol. The van der Waals surface area contributed by atoms with Crippen molar-refractivity contribution in [2.24, 2.45) is 0 Å². The van der Waals surface area contributed by atoms with Crippen LogP contribution in [0.25, 0.3) is 0 Å². The summed E-state index contributed by atoms with van der Waals surface area (Å²) in [5.74, 6) is 3.88. The average Bonchev–Trinajstić information content (AvgIpc) is 2.76. The number of nitrogens with zero attached hydrogens (tertiary/aromatic N) is 1. The third kappa shape index (κ3) is 6.54. The molecule has 0 spiro atoms. The van der Waals surface area contributed by atoms with Gasteiger partial charge in [0.05, 0.1) is 11.2 Å². The van der Waals surface area contributed by atoms with Crippen molar-refractivity contribution in [1.82, 2.24) is 4.90 Å². The number of aliphatic hydroxyl groups is 2. The molecule has 8 heteroatoms. The summed E-state index contributed by atoms with van der Waals surface area (Å²) >= 11 is 0. The zero-order chi connectivity index (χ0) is 26.1. The molecule has 1 aliphatic rings. The van der Waals surface area contributed by atoms with E-state index in [2.05, 4.69) is 0 Å². The van der Waals surface area contributed by atoms with Crippen molar-refractivity contribution in [1.29, 1.82) is 0 Å². The summed E-state index contributed by atoms with van der Waals surface area (Å²) in [6, 6.07) is 11.5. The molecule has 2 aromatic rings. The molecule has 1 amide bonds. The van der Waals surface area contributed by atoms with Gasteiger partial charge < -0.3 is 9.76 Å². The SMILES string of the molecule is C[C@@H](c1ccc([B]OC(C)(C)C(C)(C)O)cc1)N1CC[C@](CC(C)(C)O)(c2cbccc2)OC1=O. The van der Waals surface area contributed by atoms with Crippen LogP contribution in [-0.2, 0) is 15.0 Å². The molecule has 0 aliphatic carbocycles. The van der Waals surface area contributed by atoms with Crippen LogP contribution in [0.3, 0.4) is 0 Å². The van der Waals surface area contributed by atoms with E-state index < -0.39 is 22.4 Å². The van der Waals surface area contributed by atoms with Gasteiger partial charge in [-0.3, -0.25) is 0 Å². The summed E-state index contributed by atoms with van der Waals surface area (Å²) in [6.45, 7) is 15.0. The van der Waals surface area contributed by atoms with Crippen LogP contribution in [-0.4, -0.2) is 58.9 Å². The molecule has 6 nitrogen and oxygen atoms in total. The molecule has 0 unspecified atom stereocenters. The van der Waals surface area contributed by atoms with Gasteiger partial charge in [0.2, 0.25) is 0 Å². The van der Waals surface area contributed by atoms with E-state index in [0.717, 1.165) is 16.6 Å². The fraction of sp³-hybridized carbons (Fsp3) is 0.556. The monoisotopic (exact) mass is 478 g/mol. The van der Waals surface area contributed by atoms with E-state index >= 15 is 0 Å². The zero-order valence-electron chi connectivity index (χ0n) is 22.0. The summed E-state index contributed by atoms with van der Waals surface area (Å²) in [7, 11) is 1.65. The summed E-state index contributed by atoms with van der Waals surface area (Å²) < 4.78 is 11.9. The molecular formula is C27H38B2NO5. The molecule has 1 aliphatic heterocycles. The third-order valence-corrected chi connectivity index (χ3v) is 7.14. The second kappa shape index (κ2) is 10.1. The van der Waals surface area contributed by atoms with Crippen LogP contribution < -0.4 is 5.46 Å². The van der Waals surface area contributed by atoms with Crippen LogP contribution in [0.4, 0.5) is 4.79 Å². The minimum absolute atomic E-state index is 0.179. The molecule has 0 bridgehead atoms. The molecule has 1 aromatic carbocycles. The Labute approximate surface area is 211 Å². The standard InChI is InChI=1S/C27H38B2NO5/c1-19(20-10-12-22(13-11-20)29-35-26(6,7)25(4,5)33)30-16-14-27(34-23(30)31,18-24(2,3)32)21-9-8-15-28-17-21/h8-13,15,17,19,32-33H,14,16,18H2,1-7H3/t19-,27-/m0/s1. The molecule has 1 aromatic heterocycles. The van der Waals surface area contributed by atoms with E-state index in [0.29, 0.717) is 19.4 Å². The van der Waals surface area contributed by atoms with Gasteiger partial charge in [0.25, 0.3) is 0 Å². The number of hydrogen-bond acceptors (Lipinski definition) is 5. The fourth-order valence-corrected chi connectivity index (χ4v) is 4.28. The number of carbonyl (C=O) groups excluding carboxylic acids is 1. The number of hydrogen-bond donors (Lipinski definition) is 2.